The molecule has 0 saturated heterocycles. The molecule has 3 aromatic rings. The highest BCUT2D eigenvalue weighted by Crippen LogP contribution is 2.29. The van der Waals surface area contributed by atoms with E-state index in [1.807, 2.05) is 26.0 Å². The summed E-state index contributed by atoms with van der Waals surface area (Å²) in [7, 11) is 1.55. The Labute approximate surface area is 198 Å². The van der Waals surface area contributed by atoms with E-state index in [2.05, 4.69) is 10.5 Å². The normalized spacial score (nSPS) is 10.6. The van der Waals surface area contributed by atoms with Crippen molar-refractivity contribution in [3.63, 3.8) is 0 Å². The molecule has 0 saturated carbocycles. The lowest BCUT2D eigenvalue weighted by Gasteiger charge is -2.11. The van der Waals surface area contributed by atoms with Crippen molar-refractivity contribution in [3.8, 4) is 23.0 Å². The van der Waals surface area contributed by atoms with Gasteiger partial charge in [-0.15, -0.1) is 0 Å². The van der Waals surface area contributed by atoms with Crippen LogP contribution in [0.15, 0.2) is 71.8 Å². The number of hydrazone groups is 1. The average Bonchev–Trinajstić information content (AvgIpc) is 2.85. The van der Waals surface area contributed by atoms with Crippen molar-refractivity contribution in [2.75, 3.05) is 20.3 Å². The number of nitrogens with one attached hydrogen (secondary N) is 1. The van der Waals surface area contributed by atoms with Crippen molar-refractivity contribution in [1.82, 2.24) is 5.43 Å². The molecule has 0 unspecified atom stereocenters. The van der Waals surface area contributed by atoms with E-state index in [9.17, 15) is 9.59 Å². The van der Waals surface area contributed by atoms with Crippen LogP contribution in [0.4, 0.5) is 0 Å². The fourth-order valence-electron chi connectivity index (χ4n) is 2.84. The molecule has 0 aromatic heterocycles. The second-order valence-electron chi connectivity index (χ2n) is 7.15. The molecule has 176 valence electrons. The van der Waals surface area contributed by atoms with Crippen molar-refractivity contribution in [1.29, 1.82) is 0 Å². The van der Waals surface area contributed by atoms with Crippen LogP contribution >= 0.6 is 0 Å². The van der Waals surface area contributed by atoms with E-state index in [-0.39, 0.29) is 12.4 Å². The van der Waals surface area contributed by atoms with E-state index in [1.165, 1.54) is 6.21 Å². The quantitative estimate of drug-likeness (QED) is 0.211. The minimum Gasteiger partial charge on any atom is -0.497 e. The Morgan fingerprint density at radius 3 is 2.29 bits per heavy atom. The van der Waals surface area contributed by atoms with Gasteiger partial charge in [-0.3, -0.25) is 4.79 Å². The average molecular weight is 463 g/mol. The van der Waals surface area contributed by atoms with Crippen molar-refractivity contribution in [2.45, 2.75) is 13.8 Å². The van der Waals surface area contributed by atoms with Gasteiger partial charge in [0.1, 0.15) is 11.5 Å². The fraction of sp³-hybridized carbons (Fsp3) is 0.192. The number of rotatable bonds is 10. The molecule has 0 radical (unpaired) electrons. The maximum Gasteiger partial charge on any atom is 0.343 e. The zero-order valence-corrected chi connectivity index (χ0v) is 19.2. The molecule has 0 atom stereocenters. The molecule has 34 heavy (non-hydrogen) atoms. The number of amides is 1. The first-order valence-corrected chi connectivity index (χ1v) is 10.6. The van der Waals surface area contributed by atoms with Crippen LogP contribution in [0.2, 0.25) is 0 Å². The Morgan fingerprint density at radius 1 is 0.912 bits per heavy atom. The third kappa shape index (κ3) is 7.09. The van der Waals surface area contributed by atoms with Crippen LogP contribution < -0.4 is 24.4 Å². The smallest absolute Gasteiger partial charge is 0.343 e. The molecule has 3 rings (SSSR count). The van der Waals surface area contributed by atoms with E-state index in [4.69, 9.17) is 18.9 Å². The van der Waals surface area contributed by atoms with Gasteiger partial charge >= 0.3 is 5.97 Å². The van der Waals surface area contributed by atoms with Crippen LogP contribution in [0.1, 0.15) is 28.4 Å². The second-order valence-corrected chi connectivity index (χ2v) is 7.15. The van der Waals surface area contributed by atoms with Crippen LogP contribution in [0.3, 0.4) is 0 Å². The number of benzene rings is 3. The Morgan fingerprint density at radius 2 is 1.62 bits per heavy atom. The summed E-state index contributed by atoms with van der Waals surface area (Å²) in [6.07, 6.45) is 1.46. The molecule has 8 heteroatoms. The van der Waals surface area contributed by atoms with Crippen molar-refractivity contribution >= 4 is 18.1 Å². The van der Waals surface area contributed by atoms with E-state index >= 15 is 0 Å². The summed E-state index contributed by atoms with van der Waals surface area (Å²) in [6.45, 7) is 4.01. The van der Waals surface area contributed by atoms with Gasteiger partial charge in [-0.05, 0) is 74.0 Å². The summed E-state index contributed by atoms with van der Waals surface area (Å²) in [5.41, 5.74) is 4.54. The van der Waals surface area contributed by atoms with E-state index in [1.54, 1.807) is 61.7 Å². The summed E-state index contributed by atoms with van der Waals surface area (Å²) in [6, 6.07) is 19.0. The number of aryl methyl sites for hydroxylation is 1. The Hall–Kier alpha value is -4.33. The van der Waals surface area contributed by atoms with Gasteiger partial charge in [0.15, 0.2) is 18.1 Å². The summed E-state index contributed by atoms with van der Waals surface area (Å²) in [5, 5.41) is 3.94. The number of carbonyl (C=O) groups is 2. The monoisotopic (exact) mass is 462 g/mol. The van der Waals surface area contributed by atoms with Gasteiger partial charge in [0.2, 0.25) is 0 Å². The SMILES string of the molecule is CCOc1cc(C=NNC(=O)COc2ccc(C)cc2)ccc1OC(=O)c1ccc(OC)cc1. The molecule has 1 amide bonds. The predicted octanol–water partition coefficient (Wildman–Crippen LogP) is 4.15. The van der Waals surface area contributed by atoms with Gasteiger partial charge in [0.25, 0.3) is 5.91 Å². The third-order valence-electron chi connectivity index (χ3n) is 4.59. The molecular formula is C26H26N2O6. The summed E-state index contributed by atoms with van der Waals surface area (Å²) in [5.74, 6) is 0.977. The summed E-state index contributed by atoms with van der Waals surface area (Å²) in [4.78, 5) is 24.4. The lowest BCUT2D eigenvalue weighted by molar-refractivity contribution is -0.123. The maximum absolute atomic E-state index is 12.5. The van der Waals surface area contributed by atoms with Crippen LogP contribution in [0.5, 0.6) is 23.0 Å². The number of hydrogen-bond acceptors (Lipinski definition) is 7. The predicted molar refractivity (Wildman–Crippen MR) is 128 cm³/mol. The fourth-order valence-corrected chi connectivity index (χ4v) is 2.84. The number of hydrogen-bond donors (Lipinski definition) is 1. The van der Waals surface area contributed by atoms with Gasteiger partial charge in [-0.1, -0.05) is 17.7 Å². The lowest BCUT2D eigenvalue weighted by atomic mass is 10.2. The van der Waals surface area contributed by atoms with Gasteiger partial charge in [0, 0.05) is 0 Å². The molecule has 0 fully saturated rings. The molecule has 0 bridgehead atoms. The van der Waals surface area contributed by atoms with Gasteiger partial charge in [0.05, 0.1) is 25.5 Å². The van der Waals surface area contributed by atoms with Crippen molar-refractivity contribution in [2.24, 2.45) is 5.10 Å². The lowest BCUT2D eigenvalue weighted by Crippen LogP contribution is -2.24. The number of carbonyl (C=O) groups excluding carboxylic acids is 2. The van der Waals surface area contributed by atoms with Crippen molar-refractivity contribution < 1.29 is 28.5 Å². The Kier molecular flexibility index (Phi) is 8.62. The molecule has 0 aliphatic heterocycles. The standard InChI is InChI=1S/C26H26N2O6/c1-4-32-24-15-19(16-27-28-25(29)17-33-22-10-5-18(2)6-11-22)7-14-23(24)34-26(30)20-8-12-21(31-3)13-9-20/h5-16H,4,17H2,1-3H3,(H,28,29). The Bertz CT molecular complexity index is 1140. The van der Waals surface area contributed by atoms with Crippen molar-refractivity contribution in [3.05, 3.63) is 83.4 Å². The first-order valence-electron chi connectivity index (χ1n) is 10.6. The molecule has 0 heterocycles. The zero-order chi connectivity index (χ0) is 24.3. The molecule has 1 N–H and O–H groups in total. The van der Waals surface area contributed by atoms with Gasteiger partial charge < -0.3 is 18.9 Å². The zero-order valence-electron chi connectivity index (χ0n) is 19.2. The number of methoxy groups -OCH3 is 1. The number of ether oxygens (including phenoxy) is 4. The van der Waals surface area contributed by atoms with Crippen LogP contribution in [-0.2, 0) is 4.79 Å². The van der Waals surface area contributed by atoms with Gasteiger partial charge in [-0.25, -0.2) is 10.2 Å². The third-order valence-corrected chi connectivity index (χ3v) is 4.59. The van der Waals surface area contributed by atoms with Crippen LogP contribution in [-0.4, -0.2) is 38.4 Å². The minimum absolute atomic E-state index is 0.162. The number of esters is 1. The Balaban J connectivity index is 1.58. The van der Waals surface area contributed by atoms with Crippen LogP contribution in [0, 0.1) is 6.92 Å². The van der Waals surface area contributed by atoms with Gasteiger partial charge in [-0.2, -0.15) is 5.10 Å². The number of nitrogens with zero attached hydrogens (tertiary/aromatic N) is 1. The molecule has 0 spiro atoms. The molecule has 0 aliphatic carbocycles. The first-order chi connectivity index (χ1) is 16.5. The topological polar surface area (TPSA) is 95.5 Å². The first kappa shape index (κ1) is 24.3. The second kappa shape index (κ2) is 12.1. The van der Waals surface area contributed by atoms with E-state index in [0.29, 0.717) is 35.0 Å². The highest BCUT2D eigenvalue weighted by atomic mass is 16.6. The highest BCUT2D eigenvalue weighted by molar-refractivity contribution is 5.92. The molecule has 0 aliphatic rings. The molecular weight excluding hydrogens is 436 g/mol. The minimum atomic E-state index is -0.522. The highest BCUT2D eigenvalue weighted by Gasteiger charge is 2.13. The summed E-state index contributed by atoms with van der Waals surface area (Å²) >= 11 is 0. The van der Waals surface area contributed by atoms with Crippen LogP contribution in [0.25, 0.3) is 0 Å². The van der Waals surface area contributed by atoms with E-state index in [0.717, 1.165) is 5.56 Å². The largest absolute Gasteiger partial charge is 0.497 e. The molecule has 8 nitrogen and oxygen atoms in total. The maximum atomic E-state index is 12.5. The molecule has 3 aromatic carbocycles. The summed E-state index contributed by atoms with van der Waals surface area (Å²) < 4.78 is 21.6. The van der Waals surface area contributed by atoms with E-state index < -0.39 is 11.9 Å².